The van der Waals surface area contributed by atoms with Gasteiger partial charge in [0.2, 0.25) is 11.2 Å². The van der Waals surface area contributed by atoms with E-state index < -0.39 is 23.2 Å². The molecule has 0 bridgehead atoms. The van der Waals surface area contributed by atoms with E-state index >= 15 is 0 Å². The number of aromatic hydroxyl groups is 1. The zero-order valence-corrected chi connectivity index (χ0v) is 31.4. The number of aromatic amines is 1. The normalized spacial score (nSPS) is 22.0. The molecule has 1 aliphatic carbocycles. The second kappa shape index (κ2) is 14.8. The van der Waals surface area contributed by atoms with E-state index in [1.807, 2.05) is 33.9 Å². The Balaban J connectivity index is 0.793. The fraction of sp³-hybridized carbons (Fsp3) is 0.385. The maximum absolute atomic E-state index is 13.4. The minimum Gasteiger partial charge on any atom is -0.506 e. The number of thiophene rings is 2. The molecule has 11 nitrogen and oxygen atoms in total. The predicted molar refractivity (Wildman–Crippen MR) is 207 cm³/mol. The molecule has 3 aromatic heterocycles. The molecule has 1 unspecified atom stereocenters. The molecule has 3 aliphatic rings. The predicted octanol–water partition coefficient (Wildman–Crippen LogP) is 5.09. The number of fused-ring (bicyclic) bond motifs is 2. The Morgan fingerprint density at radius 3 is 2.57 bits per heavy atom. The van der Waals surface area contributed by atoms with E-state index in [0.29, 0.717) is 32.8 Å². The third-order valence-corrected chi connectivity index (χ3v) is 13.8. The van der Waals surface area contributed by atoms with Crippen LogP contribution in [-0.2, 0) is 21.7 Å². The molecule has 2 aliphatic heterocycles. The summed E-state index contributed by atoms with van der Waals surface area (Å²) in [7, 11) is 0. The van der Waals surface area contributed by atoms with Crippen molar-refractivity contribution in [3.63, 3.8) is 0 Å². The zero-order valence-electron chi connectivity index (χ0n) is 28.9. The standard InChI is InChI=1S/C39H42N4O7S3/c44-29-10-7-26(27-8-11-34(46)41-35(27)29)30(45)22-40-21-24-6-9-28-31(18-24)53-37(48)43(28)14-3-13-42-15-12-38(23-42)19-25(20-38)50-36(47)39(49,32-4-1-16-51-32)33-5-2-17-52-33/h1-2,4-11,16-18,25,30,37,40,44-45,48-49H,3,12-15,19-23H2,(H,41,46)/t25?,30-,37?,38?/m0/s1. The summed E-state index contributed by atoms with van der Waals surface area (Å²) in [6.45, 7) is 4.40. The third-order valence-electron chi connectivity index (χ3n) is 10.8. The average Bonchev–Trinajstić information content (AvgIpc) is 3.96. The van der Waals surface area contributed by atoms with E-state index in [9.17, 15) is 30.0 Å². The van der Waals surface area contributed by atoms with Gasteiger partial charge in [-0.1, -0.05) is 36.0 Å². The summed E-state index contributed by atoms with van der Waals surface area (Å²) in [5.41, 5.74) is 0.357. The Bertz CT molecular complexity index is 2100. The molecule has 278 valence electrons. The summed E-state index contributed by atoms with van der Waals surface area (Å²) in [6.07, 6.45) is 2.54. The molecule has 53 heavy (non-hydrogen) atoms. The fourth-order valence-electron chi connectivity index (χ4n) is 8.07. The lowest BCUT2D eigenvalue weighted by molar-refractivity contribution is -0.178. The van der Waals surface area contributed by atoms with Crippen LogP contribution in [0.1, 0.15) is 52.7 Å². The molecule has 0 amide bonds. The number of carbonyl (C=O) groups is 1. The van der Waals surface area contributed by atoms with Crippen LogP contribution in [-0.4, -0.2) is 80.7 Å². The summed E-state index contributed by atoms with van der Waals surface area (Å²) in [6, 6.07) is 19.5. The van der Waals surface area contributed by atoms with E-state index in [1.54, 1.807) is 24.3 Å². The molecular formula is C39H42N4O7S3. The summed E-state index contributed by atoms with van der Waals surface area (Å²) in [5, 5.41) is 51.2. The van der Waals surface area contributed by atoms with Gasteiger partial charge in [-0.15, -0.1) is 22.7 Å². The number of carbonyl (C=O) groups excluding carboxylic acids is 1. The largest absolute Gasteiger partial charge is 0.506 e. The van der Waals surface area contributed by atoms with Gasteiger partial charge in [0.1, 0.15) is 11.9 Å². The molecule has 2 aromatic carbocycles. The molecule has 0 radical (unpaired) electrons. The van der Waals surface area contributed by atoms with Crippen LogP contribution in [0, 0.1) is 5.41 Å². The number of rotatable bonds is 13. The number of phenolic OH excluding ortho intramolecular Hbond substituents is 1. The number of phenols is 1. The molecule has 2 atom stereocenters. The lowest BCUT2D eigenvalue weighted by Crippen LogP contribution is -2.48. The molecule has 1 saturated heterocycles. The Morgan fingerprint density at radius 1 is 1.06 bits per heavy atom. The SMILES string of the molecule is O=C(OC1CC2(CCN(CCCN3c4ccc(CNC[C@H](O)c5ccc(O)c6[nH]c(=O)ccc56)cc4SC3O)C2)C1)C(O)(c1cccs1)c1cccs1. The highest BCUT2D eigenvalue weighted by Crippen LogP contribution is 2.50. The van der Waals surface area contributed by atoms with Crippen LogP contribution in [0.2, 0.25) is 0 Å². The number of hydrogen-bond donors (Lipinski definition) is 6. The zero-order chi connectivity index (χ0) is 36.7. The van der Waals surface area contributed by atoms with Crippen molar-refractivity contribution < 1.29 is 30.0 Å². The number of ether oxygens (including phenoxy) is 1. The van der Waals surface area contributed by atoms with Gasteiger partial charge in [0.25, 0.3) is 0 Å². The van der Waals surface area contributed by atoms with Gasteiger partial charge in [0.05, 0.1) is 27.1 Å². The topological polar surface area (TPSA) is 159 Å². The molecule has 5 aromatic rings. The summed E-state index contributed by atoms with van der Waals surface area (Å²) in [4.78, 5) is 34.4. The molecule has 8 rings (SSSR count). The molecule has 1 saturated carbocycles. The Morgan fingerprint density at radius 2 is 1.83 bits per heavy atom. The first-order valence-electron chi connectivity index (χ1n) is 17.8. The molecule has 1 spiro atoms. The second-order valence-electron chi connectivity index (χ2n) is 14.4. The van der Waals surface area contributed by atoms with E-state index in [0.717, 1.165) is 68.0 Å². The van der Waals surface area contributed by atoms with Crippen molar-refractivity contribution in [2.24, 2.45) is 5.41 Å². The highest BCUT2D eigenvalue weighted by molar-refractivity contribution is 8.00. The Labute approximate surface area is 318 Å². The number of nitrogens with zero attached hydrogens (tertiary/aromatic N) is 2. The number of thioether (sulfide) groups is 1. The Kier molecular flexibility index (Phi) is 10.1. The summed E-state index contributed by atoms with van der Waals surface area (Å²) in [5.74, 6) is -0.640. The lowest BCUT2D eigenvalue weighted by atomic mass is 9.66. The quantitative estimate of drug-likeness (QED) is 0.0886. The van der Waals surface area contributed by atoms with Crippen LogP contribution in [0.25, 0.3) is 10.9 Å². The minimum atomic E-state index is -1.78. The van der Waals surface area contributed by atoms with Gasteiger partial charge in [-0.2, -0.15) is 0 Å². The number of likely N-dealkylation sites (tertiary alicyclic amines) is 1. The number of pyridine rings is 1. The molecule has 6 N–H and O–H groups in total. The van der Waals surface area contributed by atoms with Crippen molar-refractivity contribution in [2.75, 3.05) is 37.6 Å². The number of benzene rings is 2. The number of esters is 1. The first kappa shape index (κ1) is 36.3. The van der Waals surface area contributed by atoms with Gasteiger partial charge in [0, 0.05) is 42.5 Å². The maximum atomic E-state index is 13.4. The number of aromatic nitrogens is 1. The summed E-state index contributed by atoms with van der Waals surface area (Å²) >= 11 is 4.14. The van der Waals surface area contributed by atoms with Crippen molar-refractivity contribution in [2.45, 2.75) is 60.5 Å². The number of aliphatic hydroxyl groups is 3. The van der Waals surface area contributed by atoms with Gasteiger partial charge < -0.3 is 45.3 Å². The van der Waals surface area contributed by atoms with Crippen LogP contribution in [0.15, 0.2) is 87.2 Å². The molecule has 5 heterocycles. The number of aliphatic hydroxyl groups excluding tert-OH is 2. The average molecular weight is 775 g/mol. The van der Waals surface area contributed by atoms with Crippen molar-refractivity contribution >= 4 is 57.0 Å². The van der Waals surface area contributed by atoms with Gasteiger partial charge in [-0.3, -0.25) is 4.79 Å². The van der Waals surface area contributed by atoms with Gasteiger partial charge >= 0.3 is 5.97 Å². The number of anilines is 1. The van der Waals surface area contributed by atoms with Gasteiger partial charge in [0.15, 0.2) is 5.56 Å². The van der Waals surface area contributed by atoms with Gasteiger partial charge in [-0.05, 0) is 102 Å². The van der Waals surface area contributed by atoms with Crippen molar-refractivity contribution in [3.8, 4) is 5.75 Å². The number of nitrogens with one attached hydrogen (secondary N) is 2. The van der Waals surface area contributed by atoms with E-state index in [4.69, 9.17) is 4.74 Å². The van der Waals surface area contributed by atoms with Crippen LogP contribution >= 0.6 is 34.4 Å². The van der Waals surface area contributed by atoms with Crippen LogP contribution < -0.4 is 15.8 Å². The Hall–Kier alpha value is -3.73. The monoisotopic (exact) mass is 774 g/mol. The second-order valence-corrected chi connectivity index (χ2v) is 17.3. The highest BCUT2D eigenvalue weighted by atomic mass is 32.2. The van der Waals surface area contributed by atoms with E-state index in [-0.39, 0.29) is 29.4 Å². The fourth-order valence-corrected chi connectivity index (χ4v) is 10.9. The first-order chi connectivity index (χ1) is 25.6. The highest BCUT2D eigenvalue weighted by Gasteiger charge is 2.52. The van der Waals surface area contributed by atoms with Crippen LogP contribution in [0.5, 0.6) is 5.75 Å². The van der Waals surface area contributed by atoms with Crippen LogP contribution in [0.3, 0.4) is 0 Å². The third kappa shape index (κ3) is 7.14. The van der Waals surface area contributed by atoms with Crippen LogP contribution in [0.4, 0.5) is 5.69 Å². The van der Waals surface area contributed by atoms with Crippen molar-refractivity contribution in [1.82, 2.24) is 15.2 Å². The molecular weight excluding hydrogens is 733 g/mol. The lowest BCUT2D eigenvalue weighted by Gasteiger charge is -2.45. The number of hydrogen-bond acceptors (Lipinski definition) is 13. The van der Waals surface area contributed by atoms with Crippen molar-refractivity contribution in [1.29, 1.82) is 0 Å². The molecule has 14 heteroatoms. The van der Waals surface area contributed by atoms with Crippen molar-refractivity contribution in [3.05, 3.63) is 109 Å². The smallest absolute Gasteiger partial charge is 0.349 e. The van der Waals surface area contributed by atoms with Gasteiger partial charge in [-0.25, -0.2) is 4.79 Å². The summed E-state index contributed by atoms with van der Waals surface area (Å²) < 4.78 is 5.93. The maximum Gasteiger partial charge on any atom is 0.349 e. The van der Waals surface area contributed by atoms with E-state index in [1.165, 1.54) is 46.6 Å². The minimum absolute atomic E-state index is 0.0439. The number of H-pyrrole nitrogens is 1. The molecule has 2 fully saturated rings. The first-order valence-corrected chi connectivity index (χ1v) is 20.5. The van der Waals surface area contributed by atoms with E-state index in [2.05, 4.69) is 27.3 Å².